The van der Waals surface area contributed by atoms with E-state index in [0.717, 1.165) is 23.9 Å². The van der Waals surface area contributed by atoms with Crippen molar-refractivity contribution in [3.05, 3.63) is 76.3 Å². The summed E-state index contributed by atoms with van der Waals surface area (Å²) in [6, 6.07) is 17.2. The lowest BCUT2D eigenvalue weighted by Gasteiger charge is -2.28. The third kappa shape index (κ3) is 6.00. The maximum atomic E-state index is 14.1. The van der Waals surface area contributed by atoms with E-state index in [-0.39, 0.29) is 11.5 Å². The summed E-state index contributed by atoms with van der Waals surface area (Å²) in [5, 5.41) is 14.6. The van der Waals surface area contributed by atoms with Gasteiger partial charge >= 0.3 is 0 Å². The summed E-state index contributed by atoms with van der Waals surface area (Å²) >= 11 is 6.92. The minimum Gasteiger partial charge on any atom is -0.403 e. The molecule has 0 spiro atoms. The summed E-state index contributed by atoms with van der Waals surface area (Å²) in [6.45, 7) is 17.6. The molecule has 0 fully saturated rings. The summed E-state index contributed by atoms with van der Waals surface area (Å²) < 4.78 is 6.20. The molecule has 1 aliphatic heterocycles. The van der Waals surface area contributed by atoms with E-state index in [4.69, 9.17) is 16.0 Å². The van der Waals surface area contributed by atoms with Crippen LogP contribution in [0, 0.1) is 17.3 Å². The minimum atomic E-state index is -1.90. The van der Waals surface area contributed by atoms with E-state index >= 15 is 0 Å². The Morgan fingerprint density at radius 2 is 1.75 bits per heavy atom. The van der Waals surface area contributed by atoms with Gasteiger partial charge < -0.3 is 19.3 Å². The number of aliphatic hydroxyl groups is 1. The van der Waals surface area contributed by atoms with Crippen LogP contribution in [0.3, 0.4) is 0 Å². The van der Waals surface area contributed by atoms with Gasteiger partial charge in [0.05, 0.1) is 10.7 Å². The number of amides is 1. The van der Waals surface area contributed by atoms with Crippen molar-refractivity contribution in [1.82, 2.24) is 4.90 Å². The molecule has 40 heavy (non-hydrogen) atoms. The molecule has 1 amide bonds. The molecule has 3 aromatic rings. The zero-order valence-corrected chi connectivity index (χ0v) is 26.4. The first-order valence-electron chi connectivity index (χ1n) is 14.0. The van der Waals surface area contributed by atoms with Crippen LogP contribution < -0.4 is 4.90 Å². The first-order chi connectivity index (χ1) is 18.9. The van der Waals surface area contributed by atoms with Crippen LogP contribution in [0.4, 0.5) is 5.69 Å². The Labute approximate surface area is 245 Å². The van der Waals surface area contributed by atoms with Crippen LogP contribution in [0.25, 0.3) is 10.8 Å². The van der Waals surface area contributed by atoms with E-state index in [1.165, 1.54) is 0 Å². The minimum absolute atomic E-state index is 0.155. The number of likely N-dealkylation sites (N-methyl/N-ethyl adjacent to an activating group) is 1. The van der Waals surface area contributed by atoms with Crippen LogP contribution >= 0.6 is 11.6 Å². The third-order valence-electron chi connectivity index (χ3n) is 7.47. The molecule has 2 unspecified atom stereocenters. The number of hydrogen-bond acceptors (Lipinski definition) is 4. The summed E-state index contributed by atoms with van der Waals surface area (Å²) in [7, 11) is -0.953. The van der Waals surface area contributed by atoms with E-state index < -0.39 is 20.5 Å². The van der Waals surface area contributed by atoms with Gasteiger partial charge in [-0.2, -0.15) is 0 Å². The van der Waals surface area contributed by atoms with E-state index in [2.05, 4.69) is 64.5 Å². The Balaban J connectivity index is 1.84. The van der Waals surface area contributed by atoms with Crippen LogP contribution in [0.5, 0.6) is 0 Å². The quantitative estimate of drug-likeness (QED) is 0.248. The van der Waals surface area contributed by atoms with Crippen molar-refractivity contribution < 1.29 is 14.3 Å². The lowest BCUT2D eigenvalue weighted by atomic mass is 9.86. The number of fused-ring (bicyclic) bond motifs is 2. The third-order valence-corrected chi connectivity index (χ3v) is 8.47. The number of anilines is 1. The Bertz CT molecular complexity index is 1450. The second-order valence-electron chi connectivity index (χ2n) is 11.6. The van der Waals surface area contributed by atoms with Crippen LogP contribution in [-0.2, 0) is 14.8 Å². The molecule has 211 valence electrons. The number of hydrogen-bond donors (Lipinski definition) is 1. The maximum Gasteiger partial charge on any atom is 0.268 e. The molecule has 1 radical (unpaired) electrons. The van der Waals surface area contributed by atoms with E-state index in [0.29, 0.717) is 40.5 Å². The highest BCUT2D eigenvalue weighted by atomic mass is 35.5. The SMILES string of the molecule is CCN(CC)CCN1C(=O)C(O)(c2ccc3ccccc3c2)c2c(Cl)cc(C#CC(O[Si](C)C)C(C)(C)C)cc21. The Morgan fingerprint density at radius 3 is 2.38 bits per heavy atom. The molecule has 1 aliphatic rings. The van der Waals surface area contributed by atoms with Gasteiger partial charge in [-0.1, -0.05) is 94.5 Å². The average Bonchev–Trinajstić information content (AvgIpc) is 3.13. The topological polar surface area (TPSA) is 53.0 Å². The van der Waals surface area contributed by atoms with E-state index in [1.54, 1.807) is 11.0 Å². The lowest BCUT2D eigenvalue weighted by molar-refractivity contribution is -0.132. The average molecular weight is 576 g/mol. The molecular formula is C33H40ClN2O3Si. The van der Waals surface area contributed by atoms with Gasteiger partial charge in [-0.3, -0.25) is 4.79 Å². The summed E-state index contributed by atoms with van der Waals surface area (Å²) in [5.74, 6) is 6.19. The van der Waals surface area contributed by atoms with Crippen LogP contribution in [0.15, 0.2) is 54.6 Å². The number of nitrogens with zero attached hydrogens (tertiary/aromatic N) is 2. The Hall–Kier alpha value is -2.66. The molecule has 0 aromatic heterocycles. The van der Waals surface area contributed by atoms with Crippen LogP contribution in [-0.4, -0.2) is 57.2 Å². The zero-order valence-electron chi connectivity index (χ0n) is 24.6. The van der Waals surface area contributed by atoms with Gasteiger partial charge in [0, 0.05) is 24.2 Å². The first kappa shape index (κ1) is 30.3. The van der Waals surface area contributed by atoms with Crippen molar-refractivity contribution in [2.45, 2.75) is 59.4 Å². The summed E-state index contributed by atoms with van der Waals surface area (Å²) in [5.41, 5.74) is 0.155. The molecule has 4 rings (SSSR count). The first-order valence-corrected chi connectivity index (χ1v) is 16.8. The number of rotatable bonds is 8. The molecule has 7 heteroatoms. The van der Waals surface area contributed by atoms with Crippen LogP contribution in [0.1, 0.15) is 51.3 Å². The molecule has 1 heterocycles. The van der Waals surface area contributed by atoms with Gasteiger partial charge in [-0.15, -0.1) is 0 Å². The van der Waals surface area contributed by atoms with E-state index in [1.807, 2.05) is 48.5 Å². The van der Waals surface area contributed by atoms with Gasteiger partial charge in [0.25, 0.3) is 5.91 Å². The van der Waals surface area contributed by atoms with Crippen molar-refractivity contribution in [2.24, 2.45) is 5.41 Å². The number of carbonyl (C=O) groups is 1. The second kappa shape index (κ2) is 12.1. The Morgan fingerprint density at radius 1 is 1.07 bits per heavy atom. The fourth-order valence-electron chi connectivity index (χ4n) is 5.14. The standard InChI is InChI=1S/C33H40ClN2O3Si/c1-8-35(9-2)18-19-36-28-21-23(14-17-29(32(3,4)5)39-40(6)7)20-27(34)30(28)33(38,31(36)37)26-16-15-24-12-10-11-13-25(24)22-26/h10-13,15-16,20-22,29,38H,8-9,18-19H2,1-7H3. The second-order valence-corrected chi connectivity index (χ2v) is 14.1. The fourth-order valence-corrected chi connectivity index (χ4v) is 6.37. The normalized spacial score (nSPS) is 17.9. The van der Waals surface area contributed by atoms with E-state index in [9.17, 15) is 9.90 Å². The molecule has 1 N–H and O–H groups in total. The predicted molar refractivity (Wildman–Crippen MR) is 167 cm³/mol. The van der Waals surface area contributed by atoms with Crippen molar-refractivity contribution in [2.75, 3.05) is 31.1 Å². The van der Waals surface area contributed by atoms with Crippen molar-refractivity contribution in [3.8, 4) is 11.8 Å². The smallest absolute Gasteiger partial charge is 0.268 e. The predicted octanol–water partition coefficient (Wildman–Crippen LogP) is 6.45. The largest absolute Gasteiger partial charge is 0.403 e. The van der Waals surface area contributed by atoms with Gasteiger partial charge in [0.2, 0.25) is 9.04 Å². The number of carbonyl (C=O) groups excluding carboxylic acids is 1. The Kier molecular flexibility index (Phi) is 9.14. The van der Waals surface area contributed by atoms with Gasteiger partial charge in [-0.05, 0) is 66.1 Å². The van der Waals surface area contributed by atoms with Gasteiger partial charge in [0.1, 0.15) is 6.10 Å². The van der Waals surface area contributed by atoms with Crippen LogP contribution in [0.2, 0.25) is 18.1 Å². The summed E-state index contributed by atoms with van der Waals surface area (Å²) in [6.07, 6.45) is -0.238. The molecule has 5 nitrogen and oxygen atoms in total. The lowest BCUT2D eigenvalue weighted by Crippen LogP contribution is -2.44. The molecule has 0 aliphatic carbocycles. The molecular weight excluding hydrogens is 536 g/mol. The fraction of sp³-hybridized carbons (Fsp3) is 0.424. The molecule has 2 atom stereocenters. The van der Waals surface area contributed by atoms with Crippen molar-refractivity contribution in [3.63, 3.8) is 0 Å². The molecule has 0 saturated carbocycles. The number of benzene rings is 3. The van der Waals surface area contributed by atoms with Gasteiger partial charge in [0.15, 0.2) is 5.60 Å². The zero-order chi connectivity index (χ0) is 29.2. The molecule has 3 aromatic carbocycles. The van der Waals surface area contributed by atoms with Gasteiger partial charge in [-0.25, -0.2) is 0 Å². The monoisotopic (exact) mass is 575 g/mol. The van der Waals surface area contributed by atoms with Crippen molar-refractivity contribution >= 4 is 43.0 Å². The molecule has 0 bridgehead atoms. The highest BCUT2D eigenvalue weighted by molar-refractivity contribution is 6.48. The maximum absolute atomic E-state index is 14.1. The highest BCUT2D eigenvalue weighted by Gasteiger charge is 2.52. The molecule has 0 saturated heterocycles. The highest BCUT2D eigenvalue weighted by Crippen LogP contribution is 2.48. The number of halogens is 1. The summed E-state index contributed by atoms with van der Waals surface area (Å²) in [4.78, 5) is 18.1. The van der Waals surface area contributed by atoms with Crippen molar-refractivity contribution in [1.29, 1.82) is 0 Å².